The van der Waals surface area contributed by atoms with Crippen molar-refractivity contribution in [3.8, 4) is 44.5 Å². The number of hydrogen-bond donors (Lipinski definition) is 0. The maximum absolute atomic E-state index is 2.53. The van der Waals surface area contributed by atoms with Crippen LogP contribution >= 0.6 is 11.3 Å². The lowest BCUT2D eigenvalue weighted by atomic mass is 9.82. The van der Waals surface area contributed by atoms with Gasteiger partial charge in [-0.15, -0.1) is 11.3 Å². The van der Waals surface area contributed by atoms with Crippen LogP contribution in [0.1, 0.15) is 25.0 Å². The number of benzene rings is 10. The molecule has 1 heterocycles. The van der Waals surface area contributed by atoms with Crippen LogP contribution in [0.4, 0.5) is 17.1 Å². The molecule has 0 amide bonds. The number of rotatable bonds is 6. The summed E-state index contributed by atoms with van der Waals surface area (Å²) in [6.45, 7) is 4.75. The summed E-state index contributed by atoms with van der Waals surface area (Å²) in [5, 5.41) is 7.61. The van der Waals surface area contributed by atoms with Crippen LogP contribution in [-0.4, -0.2) is 0 Å². The monoisotopic (exact) mass is 795 g/mol. The second-order valence-electron chi connectivity index (χ2n) is 16.8. The lowest BCUT2D eigenvalue weighted by Gasteiger charge is -2.31. The van der Waals surface area contributed by atoms with E-state index in [9.17, 15) is 0 Å². The molecule has 0 radical (unpaired) electrons. The van der Waals surface area contributed by atoms with Gasteiger partial charge in [0.2, 0.25) is 0 Å². The Morgan fingerprint density at radius 1 is 0.377 bits per heavy atom. The fourth-order valence-corrected chi connectivity index (χ4v) is 11.4. The fourth-order valence-electron chi connectivity index (χ4n) is 10.2. The van der Waals surface area contributed by atoms with Gasteiger partial charge in [-0.3, -0.25) is 0 Å². The van der Waals surface area contributed by atoms with Crippen LogP contribution in [0, 0.1) is 0 Å². The summed E-state index contributed by atoms with van der Waals surface area (Å²) < 4.78 is 2.60. The lowest BCUT2D eigenvalue weighted by molar-refractivity contribution is 0.660. The first-order valence-electron chi connectivity index (χ1n) is 21.2. The topological polar surface area (TPSA) is 3.24 Å². The largest absolute Gasteiger partial charge is 0.310 e. The zero-order chi connectivity index (χ0) is 40.7. The van der Waals surface area contributed by atoms with Crippen molar-refractivity contribution in [1.29, 1.82) is 0 Å². The van der Waals surface area contributed by atoms with Crippen LogP contribution in [0.3, 0.4) is 0 Å². The molecule has 2 heteroatoms. The van der Waals surface area contributed by atoms with Gasteiger partial charge in [0.05, 0.1) is 5.69 Å². The van der Waals surface area contributed by atoms with Crippen molar-refractivity contribution in [3.05, 3.63) is 223 Å². The van der Waals surface area contributed by atoms with Gasteiger partial charge in [0.15, 0.2) is 0 Å². The van der Waals surface area contributed by atoms with Crippen molar-refractivity contribution in [3.63, 3.8) is 0 Å². The Bertz CT molecular complexity index is 3520. The predicted octanol–water partition coefficient (Wildman–Crippen LogP) is 17.1. The van der Waals surface area contributed by atoms with E-state index in [1.54, 1.807) is 0 Å². The molecular formula is C59H41NS. The highest BCUT2D eigenvalue weighted by Gasteiger charge is 2.36. The molecule has 1 nitrogen and oxygen atoms in total. The summed E-state index contributed by atoms with van der Waals surface area (Å²) in [5.41, 5.74) is 15.9. The number of fused-ring (bicyclic) bond motifs is 9. The smallest absolute Gasteiger partial charge is 0.0546 e. The minimum Gasteiger partial charge on any atom is -0.310 e. The van der Waals surface area contributed by atoms with E-state index >= 15 is 0 Å². The minimum absolute atomic E-state index is 0.156. The van der Waals surface area contributed by atoms with E-state index in [0.29, 0.717) is 0 Å². The number of nitrogens with zero attached hydrogens (tertiary/aromatic N) is 1. The van der Waals surface area contributed by atoms with E-state index in [-0.39, 0.29) is 5.41 Å². The van der Waals surface area contributed by atoms with E-state index in [4.69, 9.17) is 0 Å². The molecule has 0 spiro atoms. The Morgan fingerprint density at radius 3 is 1.89 bits per heavy atom. The molecule has 11 aromatic rings. The molecule has 288 valence electrons. The predicted molar refractivity (Wildman–Crippen MR) is 263 cm³/mol. The number of hydrogen-bond acceptors (Lipinski definition) is 2. The van der Waals surface area contributed by atoms with E-state index in [1.807, 2.05) is 11.3 Å². The molecule has 1 aliphatic rings. The van der Waals surface area contributed by atoms with E-state index in [0.717, 1.165) is 17.1 Å². The van der Waals surface area contributed by atoms with Gasteiger partial charge in [-0.25, -0.2) is 0 Å². The minimum atomic E-state index is -0.156. The van der Waals surface area contributed by atoms with E-state index in [2.05, 4.69) is 231 Å². The Morgan fingerprint density at radius 2 is 1.00 bits per heavy atom. The zero-order valence-corrected chi connectivity index (χ0v) is 34.9. The molecule has 0 N–H and O–H groups in total. The Kier molecular flexibility index (Phi) is 8.13. The van der Waals surface area contributed by atoms with E-state index in [1.165, 1.54) is 97.4 Å². The molecule has 0 unspecified atom stereocenters. The normalized spacial score (nSPS) is 12.9. The second-order valence-corrected chi connectivity index (χ2v) is 17.9. The third kappa shape index (κ3) is 5.60. The molecular weight excluding hydrogens is 755 g/mol. The highest BCUT2D eigenvalue weighted by Crippen LogP contribution is 2.54. The van der Waals surface area contributed by atoms with E-state index < -0.39 is 0 Å². The summed E-state index contributed by atoms with van der Waals surface area (Å²) in [7, 11) is 0. The van der Waals surface area contributed by atoms with Crippen LogP contribution in [0.15, 0.2) is 212 Å². The summed E-state index contributed by atoms with van der Waals surface area (Å²) in [5.74, 6) is 0. The van der Waals surface area contributed by atoms with Gasteiger partial charge in [-0.1, -0.05) is 184 Å². The summed E-state index contributed by atoms with van der Waals surface area (Å²) in [6.07, 6.45) is 0. The lowest BCUT2D eigenvalue weighted by Crippen LogP contribution is -2.17. The summed E-state index contributed by atoms with van der Waals surface area (Å²) in [4.78, 5) is 2.53. The quantitative estimate of drug-likeness (QED) is 0.152. The highest BCUT2D eigenvalue weighted by atomic mass is 32.1. The van der Waals surface area contributed by atoms with Crippen molar-refractivity contribution in [1.82, 2.24) is 0 Å². The molecule has 0 bridgehead atoms. The fraction of sp³-hybridized carbons (Fsp3) is 0.0508. The Balaban J connectivity index is 1.20. The SMILES string of the molecule is CC1(C)c2ccccc2-c2ccc(N(c3cccc(-c4ccccc4)c3)c3cccc(-c4cc5ccccc5c5ccccc45)c3-c3cccc4c3sc3ccccc34)cc21. The first-order valence-corrected chi connectivity index (χ1v) is 22.0. The van der Waals surface area contributed by atoms with Gasteiger partial charge in [-0.05, 0) is 109 Å². The first-order chi connectivity index (χ1) is 30.0. The molecule has 0 saturated heterocycles. The molecule has 12 rings (SSSR count). The maximum atomic E-state index is 2.53. The van der Waals surface area contributed by atoms with Crippen molar-refractivity contribution < 1.29 is 0 Å². The Hall–Kier alpha value is -7.26. The van der Waals surface area contributed by atoms with Crippen LogP contribution in [0.2, 0.25) is 0 Å². The van der Waals surface area contributed by atoms with Gasteiger partial charge in [0.1, 0.15) is 0 Å². The Labute approximate surface area is 360 Å². The van der Waals surface area contributed by atoms with Crippen LogP contribution in [-0.2, 0) is 5.41 Å². The van der Waals surface area contributed by atoms with Crippen molar-refractivity contribution >= 4 is 70.1 Å². The van der Waals surface area contributed by atoms with Gasteiger partial charge in [0, 0.05) is 48.1 Å². The molecule has 0 fully saturated rings. The molecule has 1 aromatic heterocycles. The third-order valence-corrected chi connectivity index (χ3v) is 14.3. The van der Waals surface area contributed by atoms with Gasteiger partial charge < -0.3 is 4.90 Å². The van der Waals surface area contributed by atoms with Crippen molar-refractivity contribution in [2.45, 2.75) is 19.3 Å². The standard InChI is InChI=1S/C59H41NS/c1-59(2)53-30-12-10-25-46(53)47-34-33-42(37-54(47)59)60(41-21-14-20-39(35-41)38-17-4-3-5-18-38)55-31-16-27-49(52-36-40-19-6-7-22-43(40)44-23-8-9-24-45(44)52)57(55)51-29-15-28-50-48-26-11-13-32-56(48)61-58(50)51/h3-37H,1-2H3. The van der Waals surface area contributed by atoms with Gasteiger partial charge >= 0.3 is 0 Å². The van der Waals surface area contributed by atoms with Crippen molar-refractivity contribution in [2.24, 2.45) is 0 Å². The third-order valence-electron chi connectivity index (χ3n) is 13.1. The average molecular weight is 796 g/mol. The zero-order valence-electron chi connectivity index (χ0n) is 34.1. The number of thiophene rings is 1. The second kappa shape index (κ2) is 13.9. The van der Waals surface area contributed by atoms with Gasteiger partial charge in [-0.2, -0.15) is 0 Å². The summed E-state index contributed by atoms with van der Waals surface area (Å²) in [6, 6.07) is 78.8. The van der Waals surface area contributed by atoms with Crippen LogP contribution in [0.25, 0.3) is 86.2 Å². The molecule has 0 atom stereocenters. The first kappa shape index (κ1) is 35.7. The maximum Gasteiger partial charge on any atom is 0.0546 e. The van der Waals surface area contributed by atoms with Crippen LogP contribution in [0.5, 0.6) is 0 Å². The molecule has 61 heavy (non-hydrogen) atoms. The van der Waals surface area contributed by atoms with Gasteiger partial charge in [0.25, 0.3) is 0 Å². The average Bonchev–Trinajstić information content (AvgIpc) is 3.81. The van der Waals surface area contributed by atoms with Crippen LogP contribution < -0.4 is 4.90 Å². The molecule has 0 aliphatic heterocycles. The molecule has 1 aliphatic carbocycles. The highest BCUT2D eigenvalue weighted by molar-refractivity contribution is 7.26. The molecule has 10 aromatic carbocycles. The summed E-state index contributed by atoms with van der Waals surface area (Å²) >= 11 is 1.90. The van der Waals surface area contributed by atoms with Crippen molar-refractivity contribution in [2.75, 3.05) is 4.90 Å². The number of anilines is 3. The molecule has 0 saturated carbocycles.